The van der Waals surface area contributed by atoms with Gasteiger partial charge in [-0.3, -0.25) is 28.8 Å². The van der Waals surface area contributed by atoms with E-state index in [1.807, 2.05) is 0 Å². The number of amides is 5. The Labute approximate surface area is 173 Å². The van der Waals surface area contributed by atoms with Gasteiger partial charge >= 0.3 is 5.97 Å². The number of carboxylic acids is 1. The normalized spacial score (nSPS) is 15.4. The summed E-state index contributed by atoms with van der Waals surface area (Å²) in [4.78, 5) is 69.9. The van der Waals surface area contributed by atoms with Gasteiger partial charge in [-0.1, -0.05) is 0 Å². The van der Waals surface area contributed by atoms with Gasteiger partial charge in [0.15, 0.2) is 0 Å². The first-order chi connectivity index (χ1) is 13.8. The molecular formula is C17H30N6O7. The Morgan fingerprint density at radius 1 is 0.667 bits per heavy atom. The first-order valence-corrected chi connectivity index (χ1v) is 9.22. The zero-order chi connectivity index (χ0) is 23.6. The van der Waals surface area contributed by atoms with E-state index >= 15 is 0 Å². The van der Waals surface area contributed by atoms with Crippen molar-refractivity contribution in [2.45, 2.75) is 64.8 Å². The molecule has 8 N–H and O–H groups in total. The van der Waals surface area contributed by atoms with Crippen molar-refractivity contribution in [3.63, 3.8) is 0 Å². The van der Waals surface area contributed by atoms with E-state index in [4.69, 9.17) is 10.8 Å². The predicted octanol–water partition coefficient (Wildman–Crippen LogP) is -3.45. The Balaban J connectivity index is 4.48. The zero-order valence-corrected chi connectivity index (χ0v) is 17.6. The summed E-state index contributed by atoms with van der Waals surface area (Å²) in [6, 6.07) is -4.88. The monoisotopic (exact) mass is 430 g/mol. The molecule has 0 saturated heterocycles. The number of carbonyl (C=O) groups is 6. The third kappa shape index (κ3) is 9.82. The van der Waals surface area contributed by atoms with Crippen LogP contribution >= 0.6 is 0 Å². The molecule has 170 valence electrons. The van der Waals surface area contributed by atoms with Crippen LogP contribution < -0.4 is 32.3 Å². The molecule has 0 bridgehead atoms. The molecule has 30 heavy (non-hydrogen) atoms. The molecule has 0 aliphatic rings. The van der Waals surface area contributed by atoms with Gasteiger partial charge < -0.3 is 37.4 Å². The SMILES string of the molecule is C[C@H](N)C(=O)N[C@@H](C)C(=O)N[C@@H](C)C(=O)N[C@@H](C)C(=O)NCC(=O)N[C@@H](C)C(=O)O. The van der Waals surface area contributed by atoms with E-state index in [0.717, 1.165) is 0 Å². The summed E-state index contributed by atoms with van der Waals surface area (Å²) in [5.41, 5.74) is 5.40. The molecule has 13 heteroatoms. The van der Waals surface area contributed by atoms with E-state index in [2.05, 4.69) is 26.6 Å². The standard InChI is InChI=1S/C17H30N6O7/c1-7(18)13(25)21-9(3)15(27)23-10(4)16(28)22-8(2)14(26)19-6-12(24)20-11(5)17(29)30/h7-11H,6,18H2,1-5H3,(H,19,26)(H,20,24)(H,21,25)(H,22,28)(H,23,27)(H,29,30)/t7-,8-,9-,10-,11-/m0/s1. The van der Waals surface area contributed by atoms with Crippen molar-refractivity contribution < 1.29 is 33.9 Å². The van der Waals surface area contributed by atoms with Crippen molar-refractivity contribution in [3.8, 4) is 0 Å². The first kappa shape index (κ1) is 26.8. The second-order valence-corrected chi connectivity index (χ2v) is 6.82. The van der Waals surface area contributed by atoms with Gasteiger partial charge in [0, 0.05) is 0 Å². The zero-order valence-electron chi connectivity index (χ0n) is 17.6. The average molecular weight is 430 g/mol. The van der Waals surface area contributed by atoms with Crippen LogP contribution in [0.5, 0.6) is 0 Å². The minimum absolute atomic E-state index is 0.472. The van der Waals surface area contributed by atoms with Gasteiger partial charge in [-0.05, 0) is 34.6 Å². The molecule has 0 aromatic rings. The summed E-state index contributed by atoms with van der Waals surface area (Å²) in [5, 5.41) is 20.3. The Bertz CT molecular complexity index is 682. The second kappa shape index (κ2) is 12.4. The number of nitrogens with two attached hydrogens (primary N) is 1. The van der Waals surface area contributed by atoms with Gasteiger partial charge in [-0.2, -0.15) is 0 Å². The van der Waals surface area contributed by atoms with Gasteiger partial charge in [0.25, 0.3) is 0 Å². The van der Waals surface area contributed by atoms with Crippen LogP contribution in [0.4, 0.5) is 0 Å². The fourth-order valence-electron chi connectivity index (χ4n) is 1.89. The maximum atomic E-state index is 12.1. The maximum Gasteiger partial charge on any atom is 0.325 e. The van der Waals surface area contributed by atoms with Crippen LogP contribution in [-0.2, 0) is 28.8 Å². The lowest BCUT2D eigenvalue weighted by molar-refractivity contribution is -0.141. The molecule has 0 aromatic heterocycles. The van der Waals surface area contributed by atoms with Gasteiger partial charge in [-0.15, -0.1) is 0 Å². The van der Waals surface area contributed by atoms with Crippen LogP contribution in [0.15, 0.2) is 0 Å². The van der Waals surface area contributed by atoms with E-state index in [1.165, 1.54) is 34.6 Å². The van der Waals surface area contributed by atoms with Crippen molar-refractivity contribution in [2.75, 3.05) is 6.54 Å². The summed E-state index contributed by atoms with van der Waals surface area (Å²) in [6.45, 7) is 6.43. The molecule has 0 rings (SSSR count). The lowest BCUT2D eigenvalue weighted by Crippen LogP contribution is -2.56. The summed E-state index contributed by atoms with van der Waals surface area (Å²) >= 11 is 0. The summed E-state index contributed by atoms with van der Waals surface area (Å²) in [7, 11) is 0. The topological polar surface area (TPSA) is 209 Å². The van der Waals surface area contributed by atoms with E-state index in [-0.39, 0.29) is 0 Å². The lowest BCUT2D eigenvalue weighted by Gasteiger charge is -2.21. The van der Waals surface area contributed by atoms with Crippen LogP contribution in [0.3, 0.4) is 0 Å². The Morgan fingerprint density at radius 2 is 1.07 bits per heavy atom. The van der Waals surface area contributed by atoms with Gasteiger partial charge in [0.1, 0.15) is 24.2 Å². The maximum absolute atomic E-state index is 12.1. The van der Waals surface area contributed by atoms with Gasteiger partial charge in [0.05, 0.1) is 12.6 Å². The van der Waals surface area contributed by atoms with Crippen molar-refractivity contribution >= 4 is 35.5 Å². The van der Waals surface area contributed by atoms with E-state index in [9.17, 15) is 28.8 Å². The number of aliphatic carboxylic acids is 1. The molecule has 0 radical (unpaired) electrons. The highest BCUT2D eigenvalue weighted by Gasteiger charge is 2.24. The molecule has 0 aliphatic heterocycles. The predicted molar refractivity (Wildman–Crippen MR) is 105 cm³/mol. The first-order valence-electron chi connectivity index (χ1n) is 9.22. The van der Waals surface area contributed by atoms with Gasteiger partial charge in [-0.25, -0.2) is 0 Å². The molecule has 0 saturated carbocycles. The highest BCUT2D eigenvalue weighted by Crippen LogP contribution is 1.91. The number of hydrogen-bond acceptors (Lipinski definition) is 7. The third-order valence-corrected chi connectivity index (χ3v) is 3.84. The summed E-state index contributed by atoms with van der Waals surface area (Å²) in [5.74, 6) is -4.42. The number of carbonyl (C=O) groups excluding carboxylic acids is 5. The molecule has 5 amide bonds. The number of carboxylic acid groups (broad SMARTS) is 1. The van der Waals surface area contributed by atoms with Gasteiger partial charge in [0.2, 0.25) is 29.5 Å². The van der Waals surface area contributed by atoms with Crippen LogP contribution in [0.2, 0.25) is 0 Å². The smallest absolute Gasteiger partial charge is 0.325 e. The summed E-state index contributed by atoms with van der Waals surface area (Å²) in [6.07, 6.45) is 0. The highest BCUT2D eigenvalue weighted by molar-refractivity contribution is 5.95. The minimum atomic E-state index is -1.22. The number of rotatable bonds is 11. The Morgan fingerprint density at radius 3 is 1.47 bits per heavy atom. The second-order valence-electron chi connectivity index (χ2n) is 6.82. The summed E-state index contributed by atoms with van der Waals surface area (Å²) < 4.78 is 0. The van der Waals surface area contributed by atoms with E-state index < -0.39 is 72.3 Å². The molecule has 0 heterocycles. The molecular weight excluding hydrogens is 400 g/mol. The molecule has 0 aromatic carbocycles. The number of nitrogens with one attached hydrogen (secondary N) is 5. The van der Waals surface area contributed by atoms with Crippen molar-refractivity contribution in [1.29, 1.82) is 0 Å². The third-order valence-electron chi connectivity index (χ3n) is 3.84. The van der Waals surface area contributed by atoms with Crippen molar-refractivity contribution in [2.24, 2.45) is 5.73 Å². The van der Waals surface area contributed by atoms with Crippen LogP contribution in [0, 0.1) is 0 Å². The highest BCUT2D eigenvalue weighted by atomic mass is 16.4. The molecule has 0 aliphatic carbocycles. The van der Waals surface area contributed by atoms with E-state index in [1.54, 1.807) is 0 Å². The van der Waals surface area contributed by atoms with E-state index in [0.29, 0.717) is 0 Å². The molecule has 0 fully saturated rings. The largest absolute Gasteiger partial charge is 0.480 e. The van der Waals surface area contributed by atoms with Crippen LogP contribution in [-0.4, -0.2) is 77.4 Å². The lowest BCUT2D eigenvalue weighted by atomic mass is 10.2. The Hall–Kier alpha value is -3.22. The molecule has 13 nitrogen and oxygen atoms in total. The van der Waals surface area contributed by atoms with Crippen molar-refractivity contribution in [1.82, 2.24) is 26.6 Å². The van der Waals surface area contributed by atoms with Crippen molar-refractivity contribution in [3.05, 3.63) is 0 Å². The fourth-order valence-corrected chi connectivity index (χ4v) is 1.89. The average Bonchev–Trinajstić information content (AvgIpc) is 2.65. The Kier molecular flexibility index (Phi) is 11.0. The minimum Gasteiger partial charge on any atom is -0.480 e. The van der Waals surface area contributed by atoms with Crippen LogP contribution in [0.25, 0.3) is 0 Å². The van der Waals surface area contributed by atoms with Crippen LogP contribution in [0.1, 0.15) is 34.6 Å². The molecule has 0 unspecified atom stereocenters. The quantitative estimate of drug-likeness (QED) is 0.175. The molecule has 0 spiro atoms. The fraction of sp³-hybridized carbons (Fsp3) is 0.647. The number of hydrogen-bond donors (Lipinski definition) is 7. The molecule has 5 atom stereocenters.